The molecule has 0 atom stereocenters. The molecule has 0 unspecified atom stereocenters. The molecule has 0 saturated heterocycles. The molecular formula is C110H106Cl6Zr-2. The molecule has 0 nitrogen and oxygen atoms in total. The molecule has 0 fully saturated rings. The molecule has 0 saturated carbocycles. The van der Waals surface area contributed by atoms with E-state index in [1.54, 1.807) is 0 Å². The Morgan fingerprint density at radius 1 is 0.427 bits per heavy atom. The van der Waals surface area contributed by atoms with Crippen LogP contribution in [0.5, 0.6) is 0 Å². The average molecular weight is 1730 g/mol. The average Bonchev–Trinajstić information content (AvgIpc) is 1.56. The zero-order chi connectivity index (χ0) is 82.0. The van der Waals surface area contributed by atoms with Crippen molar-refractivity contribution in [3.05, 3.63) is 414 Å². The number of aryl methyl sites for hydroxylation is 4. The summed E-state index contributed by atoms with van der Waals surface area (Å²) >= 11 is 26.3. The minimum absolute atomic E-state index is 0. The number of hydrogen-bond acceptors (Lipinski definition) is 0. The van der Waals surface area contributed by atoms with Gasteiger partial charge in [0.25, 0.3) is 0 Å². The fraction of sp³-hybridized carbons (Fsp3) is 0.236. The smallest absolute Gasteiger partial charge is 0.172 e. The third-order valence-electron chi connectivity index (χ3n) is 22.7. The Hall–Kier alpha value is -8.30. The molecule has 13 aromatic carbocycles. The van der Waals surface area contributed by atoms with Gasteiger partial charge in [0.2, 0.25) is 0 Å². The van der Waals surface area contributed by atoms with Crippen LogP contribution in [0.3, 0.4) is 0 Å². The van der Waals surface area contributed by atoms with Crippen LogP contribution in [-0.2, 0) is 78.0 Å². The van der Waals surface area contributed by atoms with Crippen LogP contribution in [0.1, 0.15) is 189 Å². The van der Waals surface area contributed by atoms with Gasteiger partial charge in [-0.2, -0.15) is 18.2 Å². The van der Waals surface area contributed by atoms with Crippen molar-refractivity contribution in [3.8, 4) is 55.6 Å². The van der Waals surface area contributed by atoms with Gasteiger partial charge in [0, 0.05) is 16.0 Å². The normalized spacial score (nSPS) is 12.5. The molecule has 0 radical (unpaired) electrons. The Bertz CT molecular complexity index is 5880. The SMILES string of the molecule is C=c1c(C(C)(C)C)c(-c2ccccc2C)c(C2C=CC=C2)c2c1=c1c(Cc3ccc(Cl)cc3)c(C(C)(C)C)c(-c3ccccc3C)c(Cc3ccc(Cl)cc3)c1=C2.Cc1ccccc1-c1[c-]c2c(cc1C(C)(C)C)-c1cc(C(C)(C)C)c(-c3ccccc3C)cc1C2.Clc1ccc(C[C](=[Zr+2])Cc2ccc(Cl)cc2)cc1.[Cl-].[Cl-].c1cc[cH-]c1. The maximum Gasteiger partial charge on any atom is -0.172 e. The molecule has 594 valence electrons. The van der Waals surface area contributed by atoms with Crippen molar-refractivity contribution >= 4 is 62.3 Å². The summed E-state index contributed by atoms with van der Waals surface area (Å²) in [5.74, 6) is 0.123. The van der Waals surface area contributed by atoms with Crippen molar-refractivity contribution in [1.29, 1.82) is 0 Å². The monoisotopic (exact) mass is 1730 g/mol. The predicted molar refractivity (Wildman–Crippen MR) is 495 cm³/mol. The van der Waals surface area contributed by atoms with Crippen LogP contribution in [0.2, 0.25) is 20.1 Å². The van der Waals surface area contributed by atoms with E-state index in [0.717, 1.165) is 57.4 Å². The van der Waals surface area contributed by atoms with E-state index in [4.69, 9.17) is 53.0 Å². The second kappa shape index (κ2) is 37.6. The fourth-order valence-corrected chi connectivity index (χ4v) is 18.8. The van der Waals surface area contributed by atoms with Crippen LogP contribution in [0, 0.1) is 44.2 Å². The summed E-state index contributed by atoms with van der Waals surface area (Å²) < 4.78 is 1.52. The molecule has 117 heavy (non-hydrogen) atoms. The van der Waals surface area contributed by atoms with E-state index in [1.807, 2.05) is 78.9 Å². The summed E-state index contributed by atoms with van der Waals surface area (Å²) in [6.45, 7) is 42.3. The van der Waals surface area contributed by atoms with Gasteiger partial charge in [0.15, 0.2) is 0 Å². The zero-order valence-corrected chi connectivity index (χ0v) is 77.6. The summed E-state index contributed by atoms with van der Waals surface area (Å²) in [5, 5.41) is 8.11. The van der Waals surface area contributed by atoms with Crippen LogP contribution in [0.4, 0.5) is 0 Å². The van der Waals surface area contributed by atoms with Crippen molar-refractivity contribution in [2.75, 3.05) is 0 Å². The molecule has 0 spiro atoms. The minimum Gasteiger partial charge on any atom is -1.00 e. The van der Waals surface area contributed by atoms with Gasteiger partial charge in [0.1, 0.15) is 0 Å². The van der Waals surface area contributed by atoms with E-state index in [0.29, 0.717) is 0 Å². The molecule has 0 aliphatic heterocycles. The third kappa shape index (κ3) is 20.3. The van der Waals surface area contributed by atoms with E-state index in [9.17, 15) is 0 Å². The largest absolute Gasteiger partial charge is 1.00 e. The maximum atomic E-state index is 6.51. The number of hydrogen-bond donors (Lipinski definition) is 0. The molecule has 3 aliphatic carbocycles. The standard InChI is InChI=1S/C55H52Cl2.C35H37.C15H12Cl2.C5H5.2ClH.Zr/c1-33-16-10-14-20-41(33)50-43(30-36-22-26-39(56)27-23-36)44-32-45-47(49(44)46(53(50)55(7,8)9)31-37-24-28-40(57)29-25-37)35(3)52(54(4,5)6)51(42-21-15-11-17-34(42)2)48(45)38-18-12-13-19-38;1-22-13-9-11-15-26(22)30-18-24-17-25-19-31(27-16-12-10-14-23(27)2)33(35(6,7)8)21-29(25)28(24)20-32(30)34(3,4)5;16-14-8-4-12(5-9-14)2-1-3-13-6-10-15(17)11-7-13;1-2-4-5-3-1;;;/h10-29,32,38H,3,30-31H2,1-2,4-9H3;9-16,18,20-21H,17H2,1-8H3;4-11H,2-3H2;1-5H;2*1H;/q;-1;;-1;;;+2/p-2. The quantitative estimate of drug-likeness (QED) is 0.101. The fourth-order valence-electron chi connectivity index (χ4n) is 17.3. The molecule has 0 aromatic heterocycles. The first-order valence-electron chi connectivity index (χ1n) is 40.4. The van der Waals surface area contributed by atoms with E-state index < -0.39 is 0 Å². The summed E-state index contributed by atoms with van der Waals surface area (Å²) in [6.07, 6.45) is 16.2. The number of fused-ring (bicyclic) bond motifs is 5. The van der Waals surface area contributed by atoms with Crippen molar-refractivity contribution < 1.29 is 49.0 Å². The van der Waals surface area contributed by atoms with E-state index >= 15 is 0 Å². The molecular weight excluding hydrogens is 1630 g/mol. The topological polar surface area (TPSA) is 0 Å². The van der Waals surface area contributed by atoms with Crippen LogP contribution in [-0.4, -0.2) is 3.21 Å². The first-order chi connectivity index (χ1) is 54.7. The Labute approximate surface area is 744 Å². The minimum atomic E-state index is -0.207. The molecule has 3 aliphatic rings. The number of allylic oxidation sites excluding steroid dienone is 4. The van der Waals surface area contributed by atoms with Crippen LogP contribution in [0.25, 0.3) is 68.3 Å². The van der Waals surface area contributed by atoms with Crippen molar-refractivity contribution in [2.45, 2.75) is 170 Å². The molecule has 0 N–H and O–H groups in total. The van der Waals surface area contributed by atoms with Gasteiger partial charge in [-0.15, -0.1) is 28.8 Å². The van der Waals surface area contributed by atoms with Crippen molar-refractivity contribution in [3.63, 3.8) is 0 Å². The molecule has 0 bridgehead atoms. The van der Waals surface area contributed by atoms with Crippen LogP contribution >= 0.6 is 46.4 Å². The number of rotatable bonds is 13. The van der Waals surface area contributed by atoms with E-state index in [-0.39, 0.29) is 52.4 Å². The van der Waals surface area contributed by atoms with Gasteiger partial charge in [-0.25, -0.2) is 12.1 Å². The zero-order valence-electron chi connectivity index (χ0n) is 70.6. The van der Waals surface area contributed by atoms with Gasteiger partial charge in [0.05, 0.1) is 0 Å². The van der Waals surface area contributed by atoms with Gasteiger partial charge >= 0.3 is 133 Å². The molecule has 0 amide bonds. The van der Waals surface area contributed by atoms with Crippen molar-refractivity contribution in [2.24, 2.45) is 0 Å². The van der Waals surface area contributed by atoms with E-state index in [2.05, 4.69) is 311 Å². The second-order valence-electron chi connectivity index (χ2n) is 35.6. The summed E-state index contributed by atoms with van der Waals surface area (Å²) in [4.78, 5) is 0. The Morgan fingerprint density at radius 3 is 1.26 bits per heavy atom. The Kier molecular flexibility index (Phi) is 28.7. The first-order valence-corrected chi connectivity index (χ1v) is 43.2. The molecule has 16 rings (SSSR count). The number of halogens is 6. The second-order valence-corrected chi connectivity index (χ2v) is 39.1. The van der Waals surface area contributed by atoms with E-state index in [1.165, 1.54) is 199 Å². The predicted octanol–water partition coefficient (Wildman–Crippen LogP) is 23.3. The van der Waals surface area contributed by atoms with Crippen LogP contribution in [0.15, 0.2) is 267 Å². The summed E-state index contributed by atoms with van der Waals surface area (Å²) in [7, 11) is 0. The maximum absolute atomic E-state index is 6.51. The third-order valence-corrected chi connectivity index (χ3v) is 24.6. The van der Waals surface area contributed by atoms with Gasteiger partial charge in [-0.05, 0) is 226 Å². The summed E-state index contributed by atoms with van der Waals surface area (Å²) in [5.41, 5.74) is 36.8. The first kappa shape index (κ1) is 89.5. The summed E-state index contributed by atoms with van der Waals surface area (Å²) in [6, 6.07) is 89.7. The molecule has 7 heteroatoms. The Balaban J connectivity index is 0.000000188. The van der Waals surface area contributed by atoms with Gasteiger partial charge in [-0.3, -0.25) is 0 Å². The van der Waals surface area contributed by atoms with Gasteiger partial charge in [-0.1, -0.05) is 293 Å². The molecule has 0 heterocycles. The Morgan fingerprint density at radius 2 is 0.838 bits per heavy atom. The van der Waals surface area contributed by atoms with Gasteiger partial charge < -0.3 is 24.8 Å². The number of benzene rings is 12. The van der Waals surface area contributed by atoms with Crippen molar-refractivity contribution in [1.82, 2.24) is 0 Å². The van der Waals surface area contributed by atoms with Crippen LogP contribution < -0.4 is 35.3 Å². The molecule has 13 aromatic rings.